The number of phenols is 1. The highest BCUT2D eigenvalue weighted by Gasteiger charge is 2.18. The maximum Gasteiger partial charge on any atom is 0.295 e. The Bertz CT molecular complexity index is 1170. The Morgan fingerprint density at radius 3 is 2.26 bits per heavy atom. The number of rotatable bonds is 4. The first kappa shape index (κ1) is 18.3. The molecule has 9 nitrogen and oxygen atoms in total. The molecule has 0 aliphatic rings. The fourth-order valence-corrected chi connectivity index (χ4v) is 3.27. The van der Waals surface area contributed by atoms with Gasteiger partial charge in [-0.2, -0.15) is 8.42 Å². The van der Waals surface area contributed by atoms with Crippen molar-refractivity contribution in [1.29, 1.82) is 0 Å². The van der Waals surface area contributed by atoms with Crippen LogP contribution in [-0.4, -0.2) is 28.9 Å². The fourth-order valence-electron chi connectivity index (χ4n) is 2.57. The molecule has 0 aliphatic heterocycles. The van der Waals surface area contributed by atoms with Crippen molar-refractivity contribution in [3.05, 3.63) is 70.3 Å². The number of anilines is 1. The predicted octanol–water partition coefficient (Wildman–Crippen LogP) is 2.95. The SMILES string of the molecule is O=C(Nc1ccc2c(S(=O)(=O)O)cccc2c1O)c1ccc([N+](=O)[O-])cc1. The molecule has 3 aromatic carbocycles. The van der Waals surface area contributed by atoms with Gasteiger partial charge in [-0.15, -0.1) is 0 Å². The van der Waals surface area contributed by atoms with E-state index in [2.05, 4.69) is 5.32 Å². The Balaban J connectivity index is 1.97. The molecule has 10 heteroatoms. The highest BCUT2D eigenvalue weighted by molar-refractivity contribution is 7.86. The second-order valence-electron chi connectivity index (χ2n) is 5.55. The zero-order valence-corrected chi connectivity index (χ0v) is 14.3. The van der Waals surface area contributed by atoms with Gasteiger partial charge in [-0.25, -0.2) is 0 Å². The number of hydrogen-bond donors (Lipinski definition) is 3. The molecule has 0 radical (unpaired) electrons. The van der Waals surface area contributed by atoms with E-state index in [4.69, 9.17) is 0 Å². The van der Waals surface area contributed by atoms with Gasteiger partial charge in [0, 0.05) is 28.5 Å². The summed E-state index contributed by atoms with van der Waals surface area (Å²) in [7, 11) is -4.49. The molecule has 0 saturated carbocycles. The molecular weight excluding hydrogens is 376 g/mol. The number of nitro groups is 1. The van der Waals surface area contributed by atoms with Crippen molar-refractivity contribution in [2.24, 2.45) is 0 Å². The lowest BCUT2D eigenvalue weighted by atomic mass is 10.1. The third-order valence-electron chi connectivity index (χ3n) is 3.86. The first-order valence-corrected chi connectivity index (χ1v) is 8.90. The van der Waals surface area contributed by atoms with Crippen LogP contribution < -0.4 is 5.32 Å². The lowest BCUT2D eigenvalue weighted by Crippen LogP contribution is -2.12. The highest BCUT2D eigenvalue weighted by Crippen LogP contribution is 2.35. The second-order valence-corrected chi connectivity index (χ2v) is 6.94. The maximum atomic E-state index is 12.3. The Kier molecular flexibility index (Phi) is 4.52. The topological polar surface area (TPSA) is 147 Å². The Morgan fingerprint density at radius 2 is 1.67 bits per heavy atom. The zero-order valence-electron chi connectivity index (χ0n) is 13.5. The van der Waals surface area contributed by atoms with Crippen LogP contribution in [0.4, 0.5) is 11.4 Å². The van der Waals surface area contributed by atoms with E-state index in [1.54, 1.807) is 0 Å². The zero-order chi connectivity index (χ0) is 19.8. The van der Waals surface area contributed by atoms with Gasteiger partial charge in [0.2, 0.25) is 0 Å². The van der Waals surface area contributed by atoms with Crippen LogP contribution in [0.5, 0.6) is 5.75 Å². The van der Waals surface area contributed by atoms with Crippen LogP contribution >= 0.6 is 0 Å². The Labute approximate surface area is 152 Å². The van der Waals surface area contributed by atoms with Crippen molar-refractivity contribution < 1.29 is 27.8 Å². The van der Waals surface area contributed by atoms with Crippen LogP contribution in [0.3, 0.4) is 0 Å². The minimum absolute atomic E-state index is 0.0124. The van der Waals surface area contributed by atoms with Gasteiger partial charge < -0.3 is 10.4 Å². The minimum Gasteiger partial charge on any atom is -0.505 e. The molecule has 3 aromatic rings. The number of amides is 1. The molecule has 0 fully saturated rings. The number of phenolic OH excluding ortho intramolecular Hbond substituents is 1. The molecule has 0 spiro atoms. The van der Waals surface area contributed by atoms with Gasteiger partial charge in [0.15, 0.2) is 0 Å². The molecule has 0 unspecified atom stereocenters. The molecule has 138 valence electrons. The molecule has 0 bridgehead atoms. The molecule has 0 aromatic heterocycles. The summed E-state index contributed by atoms with van der Waals surface area (Å²) in [5, 5.41) is 23.7. The van der Waals surface area contributed by atoms with Gasteiger partial charge in [0.25, 0.3) is 21.7 Å². The molecule has 1 amide bonds. The number of carbonyl (C=O) groups excluding carboxylic acids is 1. The average Bonchev–Trinajstić information content (AvgIpc) is 2.63. The number of carbonyl (C=O) groups is 1. The molecule has 27 heavy (non-hydrogen) atoms. The van der Waals surface area contributed by atoms with E-state index in [-0.39, 0.29) is 38.4 Å². The number of aromatic hydroxyl groups is 1. The Hall–Kier alpha value is -3.50. The average molecular weight is 388 g/mol. The van der Waals surface area contributed by atoms with Crippen LogP contribution in [0.15, 0.2) is 59.5 Å². The summed E-state index contributed by atoms with van der Waals surface area (Å²) in [5.74, 6) is -1.00. The summed E-state index contributed by atoms with van der Waals surface area (Å²) in [4.78, 5) is 22.0. The summed E-state index contributed by atoms with van der Waals surface area (Å²) in [6.45, 7) is 0. The minimum atomic E-state index is -4.49. The van der Waals surface area contributed by atoms with Gasteiger partial charge in [-0.1, -0.05) is 18.2 Å². The van der Waals surface area contributed by atoms with Gasteiger partial charge >= 0.3 is 0 Å². The standard InChI is InChI=1S/C17H12N2O7S/c20-16-13-2-1-3-15(27(24,25)26)12(13)8-9-14(16)18-17(21)10-4-6-11(7-5-10)19(22)23/h1-9,20H,(H,18,21)(H,24,25,26). The van der Waals surface area contributed by atoms with E-state index < -0.39 is 20.9 Å². The lowest BCUT2D eigenvalue weighted by molar-refractivity contribution is -0.384. The number of nitrogens with one attached hydrogen (secondary N) is 1. The number of fused-ring (bicyclic) bond motifs is 1. The molecule has 0 atom stereocenters. The molecule has 3 N–H and O–H groups in total. The van der Waals surface area contributed by atoms with E-state index >= 15 is 0 Å². The summed E-state index contributed by atoms with van der Waals surface area (Å²) in [6.07, 6.45) is 0. The first-order valence-electron chi connectivity index (χ1n) is 7.46. The monoisotopic (exact) mass is 388 g/mol. The molecule has 3 rings (SSSR count). The number of nitro benzene ring substituents is 1. The molecular formula is C17H12N2O7S. The predicted molar refractivity (Wildman–Crippen MR) is 96.5 cm³/mol. The quantitative estimate of drug-likeness (QED) is 0.269. The third-order valence-corrected chi connectivity index (χ3v) is 4.77. The van der Waals surface area contributed by atoms with E-state index in [0.29, 0.717) is 0 Å². The number of hydrogen-bond acceptors (Lipinski definition) is 6. The molecule has 0 aliphatic carbocycles. The fraction of sp³-hybridized carbons (Fsp3) is 0. The van der Waals surface area contributed by atoms with Crippen LogP contribution in [0.25, 0.3) is 10.8 Å². The first-order chi connectivity index (χ1) is 12.7. The molecule has 0 saturated heterocycles. The highest BCUT2D eigenvalue weighted by atomic mass is 32.2. The Morgan fingerprint density at radius 1 is 1.00 bits per heavy atom. The second kappa shape index (κ2) is 6.67. The number of non-ortho nitro benzene ring substituents is 1. The van der Waals surface area contributed by atoms with Gasteiger partial charge in [-0.05, 0) is 24.3 Å². The van der Waals surface area contributed by atoms with Crippen LogP contribution in [0.2, 0.25) is 0 Å². The van der Waals surface area contributed by atoms with Crippen molar-refractivity contribution in [2.75, 3.05) is 5.32 Å². The van der Waals surface area contributed by atoms with Crippen molar-refractivity contribution in [1.82, 2.24) is 0 Å². The molecule has 0 heterocycles. The number of benzene rings is 3. The van der Waals surface area contributed by atoms with Crippen molar-refractivity contribution in [3.63, 3.8) is 0 Å². The third kappa shape index (κ3) is 3.57. The largest absolute Gasteiger partial charge is 0.505 e. The summed E-state index contributed by atoms with van der Waals surface area (Å²) >= 11 is 0. The lowest BCUT2D eigenvalue weighted by Gasteiger charge is -2.11. The van der Waals surface area contributed by atoms with Gasteiger partial charge in [0.05, 0.1) is 10.6 Å². The summed E-state index contributed by atoms with van der Waals surface area (Å²) < 4.78 is 32.2. The van der Waals surface area contributed by atoms with Crippen LogP contribution in [0.1, 0.15) is 10.4 Å². The summed E-state index contributed by atoms with van der Waals surface area (Å²) in [5.41, 5.74) is -0.0250. The normalized spacial score (nSPS) is 11.3. The van der Waals surface area contributed by atoms with Crippen LogP contribution in [-0.2, 0) is 10.1 Å². The van der Waals surface area contributed by atoms with Gasteiger partial charge in [0.1, 0.15) is 10.6 Å². The van der Waals surface area contributed by atoms with E-state index in [9.17, 15) is 33.0 Å². The maximum absolute atomic E-state index is 12.3. The van der Waals surface area contributed by atoms with Crippen LogP contribution in [0, 0.1) is 10.1 Å². The van der Waals surface area contributed by atoms with Crippen molar-refractivity contribution in [3.8, 4) is 5.75 Å². The van der Waals surface area contributed by atoms with E-state index in [0.717, 1.165) is 0 Å². The summed E-state index contributed by atoms with van der Waals surface area (Å²) in [6, 6.07) is 11.5. The van der Waals surface area contributed by atoms with E-state index in [1.807, 2.05) is 0 Å². The smallest absolute Gasteiger partial charge is 0.295 e. The van der Waals surface area contributed by atoms with Gasteiger partial charge in [-0.3, -0.25) is 19.5 Å². The van der Waals surface area contributed by atoms with Crippen molar-refractivity contribution >= 4 is 38.2 Å². The van der Waals surface area contributed by atoms with E-state index in [1.165, 1.54) is 54.6 Å². The van der Waals surface area contributed by atoms with Crippen molar-refractivity contribution in [2.45, 2.75) is 4.90 Å². The number of nitrogens with zero attached hydrogens (tertiary/aromatic N) is 1.